The van der Waals surface area contributed by atoms with Crippen molar-refractivity contribution in [2.45, 2.75) is 19.6 Å². The van der Waals surface area contributed by atoms with Crippen molar-refractivity contribution in [2.75, 3.05) is 0 Å². The first-order valence-electron chi connectivity index (χ1n) is 6.80. The monoisotopic (exact) mass is 318 g/mol. The number of carbonyl (C=O) groups excluding carboxylic acids is 1. The fraction of sp³-hybridized carbons (Fsp3) is 0.200. The van der Waals surface area contributed by atoms with Crippen molar-refractivity contribution in [3.8, 4) is 0 Å². The van der Waals surface area contributed by atoms with E-state index in [1.807, 2.05) is 0 Å². The lowest BCUT2D eigenvalue weighted by Gasteiger charge is -2.14. The van der Waals surface area contributed by atoms with Crippen LogP contribution >= 0.6 is 0 Å². The van der Waals surface area contributed by atoms with Gasteiger partial charge >= 0.3 is 12.5 Å². The van der Waals surface area contributed by atoms with E-state index in [1.165, 1.54) is 31.6 Å². The van der Waals surface area contributed by atoms with Crippen molar-refractivity contribution in [2.24, 2.45) is 0 Å². The SMILES string of the molecule is CC(OC(=O)c1cnccn1)c1nc2ccccc2n1C(F)F. The summed E-state index contributed by atoms with van der Waals surface area (Å²) in [4.78, 5) is 23.7. The van der Waals surface area contributed by atoms with Gasteiger partial charge in [0.2, 0.25) is 0 Å². The Labute approximate surface area is 129 Å². The molecule has 1 aromatic carbocycles. The van der Waals surface area contributed by atoms with E-state index < -0.39 is 18.6 Å². The number of ether oxygens (including phenoxy) is 1. The lowest BCUT2D eigenvalue weighted by Crippen LogP contribution is -2.15. The van der Waals surface area contributed by atoms with Gasteiger partial charge in [-0.2, -0.15) is 8.78 Å². The summed E-state index contributed by atoms with van der Waals surface area (Å²) in [5.41, 5.74) is 0.684. The largest absolute Gasteiger partial charge is 0.450 e. The molecular weight excluding hydrogens is 306 g/mol. The number of fused-ring (bicyclic) bond motifs is 1. The predicted octanol–water partition coefficient (Wildman–Crippen LogP) is 3.14. The Balaban J connectivity index is 1.93. The van der Waals surface area contributed by atoms with Crippen LogP contribution in [0, 0.1) is 0 Å². The quantitative estimate of drug-likeness (QED) is 0.691. The van der Waals surface area contributed by atoms with Gasteiger partial charge in [-0.25, -0.2) is 14.8 Å². The first-order valence-corrected chi connectivity index (χ1v) is 6.80. The van der Waals surface area contributed by atoms with Gasteiger partial charge in [-0.15, -0.1) is 0 Å². The van der Waals surface area contributed by atoms with Gasteiger partial charge in [-0.3, -0.25) is 9.55 Å². The van der Waals surface area contributed by atoms with E-state index in [0.29, 0.717) is 5.52 Å². The Bertz CT molecular complexity index is 836. The normalized spacial score (nSPS) is 12.5. The molecule has 0 saturated heterocycles. The number of alkyl halides is 2. The standard InChI is InChI=1S/C15H12F2N4O2/c1-9(23-14(22)11-8-18-6-7-19-11)13-20-10-4-2-3-5-12(10)21(13)15(16)17/h2-9,15H,1H3. The van der Waals surface area contributed by atoms with Crippen molar-refractivity contribution < 1.29 is 18.3 Å². The Morgan fingerprint density at radius 3 is 2.74 bits per heavy atom. The van der Waals surface area contributed by atoms with E-state index in [4.69, 9.17) is 4.74 Å². The Morgan fingerprint density at radius 1 is 1.26 bits per heavy atom. The zero-order valence-corrected chi connectivity index (χ0v) is 12.1. The van der Waals surface area contributed by atoms with Gasteiger partial charge in [0, 0.05) is 12.4 Å². The molecule has 1 atom stereocenters. The molecule has 0 bridgehead atoms. The van der Waals surface area contributed by atoms with E-state index in [2.05, 4.69) is 15.0 Å². The van der Waals surface area contributed by atoms with Crippen LogP contribution in [-0.2, 0) is 4.74 Å². The maximum Gasteiger partial charge on any atom is 0.359 e. The minimum absolute atomic E-state index is 0.000872. The predicted molar refractivity (Wildman–Crippen MR) is 76.8 cm³/mol. The van der Waals surface area contributed by atoms with Crippen LogP contribution < -0.4 is 0 Å². The second-order valence-electron chi connectivity index (χ2n) is 4.74. The van der Waals surface area contributed by atoms with Crippen LogP contribution in [0.3, 0.4) is 0 Å². The summed E-state index contributed by atoms with van der Waals surface area (Å²) in [6.07, 6.45) is 3.03. The fourth-order valence-electron chi connectivity index (χ4n) is 2.23. The molecule has 2 heterocycles. The van der Waals surface area contributed by atoms with Crippen LogP contribution in [0.4, 0.5) is 8.78 Å². The maximum absolute atomic E-state index is 13.4. The highest BCUT2D eigenvalue weighted by Crippen LogP contribution is 2.28. The molecule has 118 valence electrons. The third-order valence-corrected chi connectivity index (χ3v) is 3.24. The molecule has 0 amide bonds. The molecule has 0 fully saturated rings. The first-order chi connectivity index (χ1) is 11.1. The molecule has 23 heavy (non-hydrogen) atoms. The lowest BCUT2D eigenvalue weighted by molar-refractivity contribution is 0.0227. The molecule has 0 aliphatic carbocycles. The number of esters is 1. The first kappa shape index (κ1) is 15.0. The highest BCUT2D eigenvalue weighted by Gasteiger charge is 2.24. The molecule has 3 aromatic rings. The smallest absolute Gasteiger partial charge is 0.359 e. The van der Waals surface area contributed by atoms with Gasteiger partial charge in [0.1, 0.15) is 0 Å². The molecule has 8 heteroatoms. The molecule has 0 aliphatic rings. The highest BCUT2D eigenvalue weighted by molar-refractivity contribution is 5.87. The number of nitrogens with zero attached hydrogens (tertiary/aromatic N) is 4. The molecule has 0 N–H and O–H groups in total. The summed E-state index contributed by atoms with van der Waals surface area (Å²) in [5.74, 6) is -0.781. The Morgan fingerprint density at radius 2 is 2.04 bits per heavy atom. The van der Waals surface area contributed by atoms with Gasteiger partial charge in [0.25, 0.3) is 0 Å². The zero-order valence-electron chi connectivity index (χ0n) is 12.1. The van der Waals surface area contributed by atoms with Crippen LogP contribution in [0.2, 0.25) is 0 Å². The third-order valence-electron chi connectivity index (χ3n) is 3.24. The zero-order chi connectivity index (χ0) is 16.4. The minimum Gasteiger partial charge on any atom is -0.450 e. The number of halogens is 2. The summed E-state index contributed by atoms with van der Waals surface area (Å²) in [6.45, 7) is -1.32. The number of hydrogen-bond donors (Lipinski definition) is 0. The molecule has 3 rings (SSSR count). The van der Waals surface area contributed by atoms with Crippen molar-refractivity contribution >= 4 is 17.0 Å². The van der Waals surface area contributed by atoms with Gasteiger partial charge in [0.05, 0.1) is 17.2 Å². The maximum atomic E-state index is 13.4. The minimum atomic E-state index is -2.80. The number of para-hydroxylation sites is 2. The molecule has 0 aliphatic heterocycles. The van der Waals surface area contributed by atoms with Crippen LogP contribution in [-0.4, -0.2) is 25.5 Å². The Hall–Kier alpha value is -2.90. The van der Waals surface area contributed by atoms with E-state index in [0.717, 1.165) is 4.57 Å². The topological polar surface area (TPSA) is 69.9 Å². The van der Waals surface area contributed by atoms with Gasteiger partial charge in [-0.05, 0) is 19.1 Å². The summed E-state index contributed by atoms with van der Waals surface area (Å²) < 4.78 is 32.7. The number of imidazole rings is 1. The van der Waals surface area contributed by atoms with Gasteiger partial charge < -0.3 is 4.74 Å². The number of benzene rings is 1. The second-order valence-corrected chi connectivity index (χ2v) is 4.74. The average molecular weight is 318 g/mol. The molecule has 6 nitrogen and oxygen atoms in total. The molecule has 0 radical (unpaired) electrons. The third kappa shape index (κ3) is 2.87. The van der Waals surface area contributed by atoms with Crippen molar-refractivity contribution in [3.05, 3.63) is 54.4 Å². The number of rotatable bonds is 4. The average Bonchev–Trinajstić information content (AvgIpc) is 2.95. The molecule has 0 spiro atoms. The van der Waals surface area contributed by atoms with E-state index in [-0.39, 0.29) is 17.0 Å². The van der Waals surface area contributed by atoms with E-state index in [1.54, 1.807) is 18.2 Å². The van der Waals surface area contributed by atoms with Crippen LogP contribution in [0.5, 0.6) is 0 Å². The van der Waals surface area contributed by atoms with Crippen LogP contribution in [0.25, 0.3) is 11.0 Å². The lowest BCUT2D eigenvalue weighted by atomic mass is 10.3. The van der Waals surface area contributed by atoms with Crippen molar-refractivity contribution in [1.29, 1.82) is 0 Å². The van der Waals surface area contributed by atoms with E-state index in [9.17, 15) is 13.6 Å². The van der Waals surface area contributed by atoms with E-state index >= 15 is 0 Å². The number of aromatic nitrogens is 4. The highest BCUT2D eigenvalue weighted by atomic mass is 19.3. The van der Waals surface area contributed by atoms with Gasteiger partial charge in [-0.1, -0.05) is 12.1 Å². The number of hydrogen-bond acceptors (Lipinski definition) is 5. The summed E-state index contributed by atoms with van der Waals surface area (Å²) in [7, 11) is 0. The van der Waals surface area contributed by atoms with Gasteiger partial charge in [0.15, 0.2) is 17.6 Å². The van der Waals surface area contributed by atoms with Crippen molar-refractivity contribution in [3.63, 3.8) is 0 Å². The Kier molecular flexibility index (Phi) is 3.96. The van der Waals surface area contributed by atoms with Crippen LogP contribution in [0.15, 0.2) is 42.9 Å². The molecule has 1 unspecified atom stereocenters. The summed E-state index contributed by atoms with van der Waals surface area (Å²) >= 11 is 0. The van der Waals surface area contributed by atoms with Crippen LogP contribution in [0.1, 0.15) is 35.9 Å². The number of carbonyl (C=O) groups is 1. The molecule has 0 saturated carbocycles. The summed E-state index contributed by atoms with van der Waals surface area (Å²) in [6, 6.07) is 6.50. The second kappa shape index (κ2) is 6.07. The van der Waals surface area contributed by atoms with Crippen molar-refractivity contribution in [1.82, 2.24) is 19.5 Å². The summed E-state index contributed by atoms with van der Waals surface area (Å²) in [5, 5.41) is 0. The molecule has 2 aromatic heterocycles. The molecular formula is C15H12F2N4O2. The fourth-order valence-corrected chi connectivity index (χ4v) is 2.23.